The van der Waals surface area contributed by atoms with Crippen molar-refractivity contribution in [2.75, 3.05) is 24.5 Å². The second kappa shape index (κ2) is 3.67. The van der Waals surface area contributed by atoms with Gasteiger partial charge in [0.25, 0.3) is 0 Å². The van der Waals surface area contributed by atoms with Gasteiger partial charge in [-0.1, -0.05) is 0 Å². The van der Waals surface area contributed by atoms with E-state index in [4.69, 9.17) is 0 Å². The molecule has 2 unspecified atom stereocenters. The maximum Gasteiger partial charge on any atom is 0.132 e. The maximum atomic E-state index is 4.57. The summed E-state index contributed by atoms with van der Waals surface area (Å²) in [6, 6.07) is 2.03. The van der Waals surface area contributed by atoms with Crippen molar-refractivity contribution in [3.8, 4) is 0 Å². The highest BCUT2D eigenvalue weighted by Gasteiger charge is 2.49. The number of fused-ring (bicyclic) bond motifs is 1. The molecule has 0 aromatic carbocycles. The van der Waals surface area contributed by atoms with Crippen LogP contribution in [0.1, 0.15) is 19.7 Å². The summed E-state index contributed by atoms with van der Waals surface area (Å²) in [7, 11) is 0. The second-order valence-corrected chi connectivity index (χ2v) is 5.75. The van der Waals surface area contributed by atoms with E-state index in [0.717, 1.165) is 43.1 Å². The van der Waals surface area contributed by atoms with Crippen molar-refractivity contribution >= 4 is 5.82 Å². The molecule has 1 N–H and O–H groups in total. The smallest absolute Gasteiger partial charge is 0.132 e. The van der Waals surface area contributed by atoms with E-state index in [0.29, 0.717) is 0 Å². The predicted molar refractivity (Wildman–Crippen MR) is 68.0 cm³/mol. The van der Waals surface area contributed by atoms with Crippen LogP contribution >= 0.6 is 0 Å². The monoisotopic (exact) mass is 232 g/mol. The third kappa shape index (κ3) is 1.62. The van der Waals surface area contributed by atoms with Crippen LogP contribution in [-0.4, -0.2) is 35.1 Å². The Labute approximate surface area is 102 Å². The Hall–Kier alpha value is -1.16. The van der Waals surface area contributed by atoms with Crippen molar-refractivity contribution in [2.45, 2.75) is 26.3 Å². The number of hydrogen-bond donors (Lipinski definition) is 1. The Morgan fingerprint density at radius 2 is 2.24 bits per heavy atom. The predicted octanol–water partition coefficient (Wildman–Crippen LogP) is 1.22. The molecule has 0 radical (unpaired) electrons. The molecule has 0 aliphatic carbocycles. The van der Waals surface area contributed by atoms with Gasteiger partial charge in [-0.15, -0.1) is 0 Å². The van der Waals surface area contributed by atoms with E-state index < -0.39 is 0 Å². The summed E-state index contributed by atoms with van der Waals surface area (Å²) in [6.07, 6.45) is 1.86. The molecular weight excluding hydrogens is 212 g/mol. The highest BCUT2D eigenvalue weighted by Crippen LogP contribution is 2.42. The molecule has 3 heterocycles. The lowest BCUT2D eigenvalue weighted by Crippen LogP contribution is -2.45. The van der Waals surface area contributed by atoms with Gasteiger partial charge in [-0.3, -0.25) is 0 Å². The summed E-state index contributed by atoms with van der Waals surface area (Å²) in [5.41, 5.74) is 0.189. The maximum absolute atomic E-state index is 4.57. The van der Waals surface area contributed by atoms with Crippen molar-refractivity contribution in [2.24, 2.45) is 11.8 Å². The Morgan fingerprint density at radius 1 is 1.41 bits per heavy atom. The average molecular weight is 232 g/mol. The van der Waals surface area contributed by atoms with Crippen LogP contribution in [-0.2, 0) is 0 Å². The number of aromatic nitrogens is 2. The largest absolute Gasteiger partial charge is 0.351 e. The number of aryl methyl sites for hydroxylation is 1. The van der Waals surface area contributed by atoms with Crippen LogP contribution in [0.15, 0.2) is 12.3 Å². The van der Waals surface area contributed by atoms with Gasteiger partial charge in [0.05, 0.1) is 0 Å². The van der Waals surface area contributed by atoms with Crippen LogP contribution in [0, 0.1) is 18.8 Å². The SMILES string of the molecule is Cc1nccc(N2CC3CNCC3C2(C)C)n1. The van der Waals surface area contributed by atoms with E-state index in [1.807, 2.05) is 19.2 Å². The molecule has 0 spiro atoms. The number of nitrogens with zero attached hydrogens (tertiary/aromatic N) is 3. The fourth-order valence-electron chi connectivity index (χ4n) is 3.40. The molecule has 2 fully saturated rings. The third-order valence-electron chi connectivity index (χ3n) is 4.40. The number of rotatable bonds is 1. The first kappa shape index (κ1) is 11.0. The van der Waals surface area contributed by atoms with Gasteiger partial charge in [0, 0.05) is 31.4 Å². The molecule has 2 atom stereocenters. The first-order valence-electron chi connectivity index (χ1n) is 6.37. The zero-order valence-corrected chi connectivity index (χ0v) is 10.8. The highest BCUT2D eigenvalue weighted by atomic mass is 15.3. The van der Waals surface area contributed by atoms with Gasteiger partial charge in [0.15, 0.2) is 0 Å². The van der Waals surface area contributed by atoms with Crippen molar-refractivity contribution in [3.05, 3.63) is 18.1 Å². The quantitative estimate of drug-likeness (QED) is 0.790. The van der Waals surface area contributed by atoms with Gasteiger partial charge in [-0.05, 0) is 38.7 Å². The van der Waals surface area contributed by atoms with E-state index in [1.54, 1.807) is 0 Å². The molecule has 4 nitrogen and oxygen atoms in total. The molecule has 2 aliphatic rings. The minimum absolute atomic E-state index is 0.189. The summed E-state index contributed by atoms with van der Waals surface area (Å²) in [4.78, 5) is 11.2. The van der Waals surface area contributed by atoms with Crippen molar-refractivity contribution in [3.63, 3.8) is 0 Å². The van der Waals surface area contributed by atoms with Crippen molar-refractivity contribution < 1.29 is 0 Å². The topological polar surface area (TPSA) is 41.1 Å². The van der Waals surface area contributed by atoms with Gasteiger partial charge >= 0.3 is 0 Å². The van der Waals surface area contributed by atoms with E-state index in [9.17, 15) is 0 Å². The molecule has 0 bridgehead atoms. The molecule has 92 valence electrons. The van der Waals surface area contributed by atoms with Gasteiger partial charge in [0.2, 0.25) is 0 Å². The number of nitrogens with one attached hydrogen (secondary N) is 1. The molecule has 0 saturated carbocycles. The highest BCUT2D eigenvalue weighted by molar-refractivity contribution is 5.44. The summed E-state index contributed by atoms with van der Waals surface area (Å²) in [5, 5.41) is 3.50. The summed E-state index contributed by atoms with van der Waals surface area (Å²) in [5.74, 6) is 3.43. The van der Waals surface area contributed by atoms with Crippen molar-refractivity contribution in [1.29, 1.82) is 0 Å². The Bertz CT molecular complexity index is 429. The fourth-order valence-corrected chi connectivity index (χ4v) is 3.40. The van der Waals surface area contributed by atoms with Gasteiger partial charge in [-0.2, -0.15) is 0 Å². The average Bonchev–Trinajstić information content (AvgIpc) is 2.81. The molecule has 1 aromatic rings. The van der Waals surface area contributed by atoms with Gasteiger partial charge < -0.3 is 10.2 Å². The lowest BCUT2D eigenvalue weighted by molar-refractivity contribution is 0.356. The van der Waals surface area contributed by atoms with Gasteiger partial charge in [0.1, 0.15) is 11.6 Å². The first-order valence-corrected chi connectivity index (χ1v) is 6.37. The second-order valence-electron chi connectivity index (χ2n) is 5.75. The van der Waals surface area contributed by atoms with E-state index in [2.05, 4.69) is 34.0 Å². The van der Waals surface area contributed by atoms with Crippen LogP contribution in [0.25, 0.3) is 0 Å². The van der Waals surface area contributed by atoms with E-state index >= 15 is 0 Å². The molecule has 2 aliphatic heterocycles. The first-order chi connectivity index (χ1) is 8.09. The minimum Gasteiger partial charge on any atom is -0.351 e. The van der Waals surface area contributed by atoms with Crippen LogP contribution in [0.2, 0.25) is 0 Å². The van der Waals surface area contributed by atoms with Crippen LogP contribution in [0.4, 0.5) is 5.82 Å². The fraction of sp³-hybridized carbons (Fsp3) is 0.692. The van der Waals surface area contributed by atoms with Crippen LogP contribution in [0.3, 0.4) is 0 Å². The Morgan fingerprint density at radius 3 is 2.94 bits per heavy atom. The summed E-state index contributed by atoms with van der Waals surface area (Å²) in [6.45, 7) is 10.0. The van der Waals surface area contributed by atoms with Gasteiger partial charge in [-0.25, -0.2) is 9.97 Å². The van der Waals surface area contributed by atoms with E-state index in [-0.39, 0.29) is 5.54 Å². The molecule has 17 heavy (non-hydrogen) atoms. The molecule has 4 heteroatoms. The molecule has 3 rings (SSSR count). The lowest BCUT2D eigenvalue weighted by Gasteiger charge is -2.36. The third-order valence-corrected chi connectivity index (χ3v) is 4.40. The Balaban J connectivity index is 1.94. The number of hydrogen-bond acceptors (Lipinski definition) is 4. The molecular formula is C13H20N4. The zero-order chi connectivity index (χ0) is 12.0. The van der Waals surface area contributed by atoms with E-state index in [1.165, 1.54) is 0 Å². The minimum atomic E-state index is 0.189. The zero-order valence-electron chi connectivity index (χ0n) is 10.8. The lowest BCUT2D eigenvalue weighted by atomic mass is 9.85. The molecule has 2 saturated heterocycles. The van der Waals surface area contributed by atoms with Crippen LogP contribution in [0.5, 0.6) is 0 Å². The normalized spacial score (nSPS) is 30.6. The summed E-state index contributed by atoms with van der Waals surface area (Å²) < 4.78 is 0. The summed E-state index contributed by atoms with van der Waals surface area (Å²) >= 11 is 0. The number of anilines is 1. The molecule has 1 aromatic heterocycles. The molecule has 0 amide bonds. The standard InChI is InChI=1S/C13H20N4/c1-9-15-5-4-12(16-9)17-8-10-6-14-7-11(10)13(17,2)3/h4-5,10-11,14H,6-8H2,1-3H3. The van der Waals surface area contributed by atoms with Crippen molar-refractivity contribution in [1.82, 2.24) is 15.3 Å². The Kier molecular flexibility index (Phi) is 2.36. The van der Waals surface area contributed by atoms with Crippen LogP contribution < -0.4 is 10.2 Å².